The van der Waals surface area contributed by atoms with E-state index in [0.717, 1.165) is 5.69 Å². The maximum atomic E-state index is 12.6. The Hall–Kier alpha value is -2.46. The zero-order chi connectivity index (χ0) is 22.5. The Bertz CT molecular complexity index is 776. The number of amides is 2. The number of carbonyl (C=O) groups is 2. The Labute approximate surface area is 176 Å². The summed E-state index contributed by atoms with van der Waals surface area (Å²) >= 11 is 0. The van der Waals surface area contributed by atoms with Crippen LogP contribution < -0.4 is 16.0 Å². The molecular formula is C21H31N3O6. The van der Waals surface area contributed by atoms with Gasteiger partial charge < -0.3 is 36.0 Å². The number of aliphatic hydroxyl groups is 3. The highest BCUT2D eigenvalue weighted by molar-refractivity contribution is 6.01. The lowest BCUT2D eigenvalue weighted by atomic mass is 9.94. The first-order valence-corrected chi connectivity index (χ1v) is 9.74. The maximum absolute atomic E-state index is 12.6. The smallest absolute Gasteiger partial charge is 0.252 e. The molecule has 0 radical (unpaired) electrons. The number of fused-ring (bicyclic) bond motifs is 1. The zero-order valence-corrected chi connectivity index (χ0v) is 17.6. The fourth-order valence-corrected chi connectivity index (χ4v) is 2.93. The second kappa shape index (κ2) is 10.0. The first kappa shape index (κ1) is 23.8. The quantitative estimate of drug-likeness (QED) is 0.347. The molecule has 1 heterocycles. The average molecular weight is 421 g/mol. The van der Waals surface area contributed by atoms with E-state index in [2.05, 4.69) is 16.0 Å². The van der Waals surface area contributed by atoms with Crippen LogP contribution in [0.25, 0.3) is 0 Å². The molecule has 0 aromatic heterocycles. The topological polar surface area (TPSA) is 140 Å². The number of nitrogens with one attached hydrogen (secondary N) is 3. The molecule has 0 saturated carbocycles. The molecule has 0 saturated heterocycles. The molecule has 1 aromatic rings. The van der Waals surface area contributed by atoms with E-state index >= 15 is 0 Å². The van der Waals surface area contributed by atoms with Crippen molar-refractivity contribution in [3.05, 3.63) is 36.4 Å². The number of hydrogen-bond acceptors (Lipinski definition) is 7. The number of para-hydroxylation sites is 2. The van der Waals surface area contributed by atoms with Crippen LogP contribution in [0.4, 0.5) is 11.4 Å². The van der Waals surface area contributed by atoms with Gasteiger partial charge in [-0.25, -0.2) is 0 Å². The van der Waals surface area contributed by atoms with Gasteiger partial charge in [0.2, 0.25) is 5.91 Å². The normalized spacial score (nSPS) is 20.9. The van der Waals surface area contributed by atoms with Crippen LogP contribution in [0.1, 0.15) is 20.8 Å². The standard InChI is InChI=1S/C21H31N3O6/c1-21(2,3)10-9-15(25)16(26)17(27)18(30-4)20(29)24-14-11-22-12-7-5-6-8-13(12)23-19(14)28/h5-10,14-18,22,25-27H,11H2,1-4H3,(H,23,28)(H,24,29)/b10-9+/t14?,15-,16+,17-,18-/m1/s1. The predicted octanol–water partition coefficient (Wildman–Crippen LogP) is 0.235. The van der Waals surface area contributed by atoms with Crippen molar-refractivity contribution in [2.24, 2.45) is 5.41 Å². The van der Waals surface area contributed by atoms with Crippen molar-refractivity contribution >= 4 is 23.2 Å². The highest BCUT2D eigenvalue weighted by Gasteiger charge is 2.37. The van der Waals surface area contributed by atoms with Gasteiger partial charge in [0, 0.05) is 13.7 Å². The molecule has 30 heavy (non-hydrogen) atoms. The van der Waals surface area contributed by atoms with E-state index < -0.39 is 42.3 Å². The number of anilines is 2. The summed E-state index contributed by atoms with van der Waals surface area (Å²) in [5.41, 5.74) is 1.07. The molecular weight excluding hydrogens is 390 g/mol. The lowest BCUT2D eigenvalue weighted by Crippen LogP contribution is -2.56. The van der Waals surface area contributed by atoms with Crippen LogP contribution in [0.3, 0.4) is 0 Å². The predicted molar refractivity (Wildman–Crippen MR) is 113 cm³/mol. The SMILES string of the molecule is CO[C@@H](C(=O)NC1CNc2ccccc2NC1=O)[C@H](O)[C@@H](O)[C@H](O)/C=C/C(C)(C)C. The van der Waals surface area contributed by atoms with E-state index in [1.807, 2.05) is 26.8 Å². The number of allylic oxidation sites excluding steroid dienone is 1. The number of ether oxygens (including phenoxy) is 1. The maximum Gasteiger partial charge on any atom is 0.252 e. The summed E-state index contributed by atoms with van der Waals surface area (Å²) in [6.45, 7) is 5.86. The van der Waals surface area contributed by atoms with Gasteiger partial charge in [-0.15, -0.1) is 0 Å². The molecule has 9 nitrogen and oxygen atoms in total. The van der Waals surface area contributed by atoms with Crippen molar-refractivity contribution in [2.75, 3.05) is 24.3 Å². The number of rotatable bonds is 7. The summed E-state index contributed by atoms with van der Waals surface area (Å²) in [4.78, 5) is 25.1. The van der Waals surface area contributed by atoms with Gasteiger partial charge in [-0.2, -0.15) is 0 Å². The van der Waals surface area contributed by atoms with Gasteiger partial charge in [-0.05, 0) is 17.5 Å². The van der Waals surface area contributed by atoms with Gasteiger partial charge in [-0.3, -0.25) is 9.59 Å². The van der Waals surface area contributed by atoms with Crippen molar-refractivity contribution in [2.45, 2.75) is 51.2 Å². The monoisotopic (exact) mass is 421 g/mol. The Morgan fingerprint density at radius 2 is 1.83 bits per heavy atom. The molecule has 1 aromatic carbocycles. The van der Waals surface area contributed by atoms with Gasteiger partial charge >= 0.3 is 0 Å². The lowest BCUT2D eigenvalue weighted by molar-refractivity contribution is -0.150. The molecule has 0 fully saturated rings. The first-order chi connectivity index (χ1) is 14.0. The van der Waals surface area contributed by atoms with Crippen LogP contribution in [0, 0.1) is 5.41 Å². The second-order valence-corrected chi connectivity index (χ2v) is 8.33. The fourth-order valence-electron chi connectivity index (χ4n) is 2.93. The molecule has 1 aliphatic heterocycles. The van der Waals surface area contributed by atoms with Crippen LogP contribution in [-0.2, 0) is 14.3 Å². The molecule has 1 unspecified atom stereocenters. The number of hydrogen-bond donors (Lipinski definition) is 6. The van der Waals surface area contributed by atoms with E-state index in [1.165, 1.54) is 13.2 Å². The molecule has 0 spiro atoms. The van der Waals surface area contributed by atoms with Crippen molar-refractivity contribution in [3.63, 3.8) is 0 Å². The van der Waals surface area contributed by atoms with E-state index in [1.54, 1.807) is 24.3 Å². The third-order valence-electron chi connectivity index (χ3n) is 4.63. The summed E-state index contributed by atoms with van der Waals surface area (Å²) < 4.78 is 5.05. The average Bonchev–Trinajstić information content (AvgIpc) is 2.84. The molecule has 6 N–H and O–H groups in total. The number of benzene rings is 1. The molecule has 9 heteroatoms. The Balaban J connectivity index is 2.03. The first-order valence-electron chi connectivity index (χ1n) is 9.74. The van der Waals surface area contributed by atoms with E-state index in [-0.39, 0.29) is 12.0 Å². The van der Waals surface area contributed by atoms with E-state index in [9.17, 15) is 24.9 Å². The molecule has 0 bridgehead atoms. The number of aliphatic hydroxyl groups excluding tert-OH is 3. The van der Waals surface area contributed by atoms with Crippen LogP contribution in [0.5, 0.6) is 0 Å². The molecule has 166 valence electrons. The minimum Gasteiger partial charge on any atom is -0.387 e. The Kier molecular flexibility index (Phi) is 7.96. The summed E-state index contributed by atoms with van der Waals surface area (Å²) in [7, 11) is 1.19. The van der Waals surface area contributed by atoms with Gasteiger partial charge in [-0.1, -0.05) is 45.1 Å². The molecule has 2 rings (SSSR count). The summed E-state index contributed by atoms with van der Waals surface area (Å²) in [5.74, 6) is -1.22. The molecule has 2 amide bonds. The summed E-state index contributed by atoms with van der Waals surface area (Å²) in [5, 5.41) is 39.1. The van der Waals surface area contributed by atoms with Gasteiger partial charge in [0.15, 0.2) is 6.10 Å². The lowest BCUT2D eigenvalue weighted by Gasteiger charge is -2.28. The van der Waals surface area contributed by atoms with Crippen molar-refractivity contribution in [1.29, 1.82) is 0 Å². The largest absolute Gasteiger partial charge is 0.387 e. The Morgan fingerprint density at radius 1 is 1.20 bits per heavy atom. The zero-order valence-electron chi connectivity index (χ0n) is 17.6. The van der Waals surface area contributed by atoms with Gasteiger partial charge in [0.1, 0.15) is 24.4 Å². The highest BCUT2D eigenvalue weighted by atomic mass is 16.5. The number of carbonyl (C=O) groups excluding carboxylic acids is 2. The third kappa shape index (κ3) is 6.27. The third-order valence-corrected chi connectivity index (χ3v) is 4.63. The summed E-state index contributed by atoms with van der Waals surface area (Å²) in [6.07, 6.45) is -3.22. The van der Waals surface area contributed by atoms with Crippen LogP contribution >= 0.6 is 0 Å². The molecule has 5 atom stereocenters. The molecule has 1 aliphatic rings. The highest BCUT2D eigenvalue weighted by Crippen LogP contribution is 2.23. The van der Waals surface area contributed by atoms with Crippen LogP contribution in [0.15, 0.2) is 36.4 Å². The van der Waals surface area contributed by atoms with Gasteiger partial charge in [0.25, 0.3) is 5.91 Å². The van der Waals surface area contributed by atoms with Crippen molar-refractivity contribution < 1.29 is 29.6 Å². The van der Waals surface area contributed by atoms with Crippen LogP contribution in [0.2, 0.25) is 0 Å². The minimum atomic E-state index is -1.71. The Morgan fingerprint density at radius 3 is 2.43 bits per heavy atom. The fraction of sp³-hybridized carbons (Fsp3) is 0.524. The molecule has 0 aliphatic carbocycles. The number of methoxy groups -OCH3 is 1. The minimum absolute atomic E-state index is 0.126. The van der Waals surface area contributed by atoms with Crippen molar-refractivity contribution in [1.82, 2.24) is 5.32 Å². The van der Waals surface area contributed by atoms with Crippen molar-refractivity contribution in [3.8, 4) is 0 Å². The van der Waals surface area contributed by atoms with Crippen LogP contribution in [-0.4, -0.2) is 71.2 Å². The van der Waals surface area contributed by atoms with E-state index in [4.69, 9.17) is 4.74 Å². The van der Waals surface area contributed by atoms with E-state index in [0.29, 0.717) is 5.69 Å². The second-order valence-electron chi connectivity index (χ2n) is 8.33. The summed E-state index contributed by atoms with van der Waals surface area (Å²) in [6, 6.07) is 6.18. The van der Waals surface area contributed by atoms with Gasteiger partial charge in [0.05, 0.1) is 11.4 Å².